The first-order valence-corrected chi connectivity index (χ1v) is 5.79. The maximum atomic E-state index is 5.74. The molecule has 0 aromatic carbocycles. The van der Waals surface area contributed by atoms with Crippen LogP contribution in [-0.4, -0.2) is 15.8 Å². The van der Waals surface area contributed by atoms with E-state index in [0.29, 0.717) is 6.04 Å². The normalized spacial score (nSPS) is 13.6. The van der Waals surface area contributed by atoms with Gasteiger partial charge in [0, 0.05) is 12.1 Å². The first-order chi connectivity index (χ1) is 6.52. The van der Waals surface area contributed by atoms with E-state index in [2.05, 4.69) is 34.9 Å². The van der Waals surface area contributed by atoms with E-state index in [1.807, 2.05) is 17.8 Å². The summed E-state index contributed by atoms with van der Waals surface area (Å²) in [6, 6.07) is 0.654. The van der Waals surface area contributed by atoms with Crippen LogP contribution in [0.15, 0.2) is 10.7 Å². The van der Waals surface area contributed by atoms with Gasteiger partial charge in [-0.3, -0.25) is 4.68 Å². The minimum Gasteiger partial charge on any atom is -0.328 e. The molecule has 1 aromatic heterocycles. The lowest BCUT2D eigenvalue weighted by Gasteiger charge is -2.12. The molecule has 4 heteroatoms. The summed E-state index contributed by atoms with van der Waals surface area (Å²) in [5, 5.41) is 4.32. The molecule has 2 N–H and O–H groups in total. The lowest BCUT2D eigenvalue weighted by atomic mass is 10.1. The highest BCUT2D eigenvalue weighted by molar-refractivity contribution is 9.10. The summed E-state index contributed by atoms with van der Waals surface area (Å²) < 4.78 is 3.14. The molecule has 14 heavy (non-hydrogen) atoms. The maximum Gasteiger partial charge on any atom is 0.0635 e. The van der Waals surface area contributed by atoms with E-state index in [4.69, 9.17) is 5.73 Å². The van der Waals surface area contributed by atoms with Crippen LogP contribution in [0.4, 0.5) is 0 Å². The highest BCUT2D eigenvalue weighted by Crippen LogP contribution is 2.21. The van der Waals surface area contributed by atoms with Crippen molar-refractivity contribution in [1.82, 2.24) is 9.78 Å². The summed E-state index contributed by atoms with van der Waals surface area (Å²) in [6.07, 6.45) is 3.84. The predicted octanol–water partition coefficient (Wildman–Crippen LogP) is 2.51. The van der Waals surface area contributed by atoms with Crippen molar-refractivity contribution in [3.05, 3.63) is 16.4 Å². The average Bonchev–Trinajstić information content (AvgIpc) is 2.43. The molecule has 0 saturated carbocycles. The number of hydrogen-bond acceptors (Lipinski definition) is 2. The number of rotatable bonds is 4. The Kier molecular flexibility index (Phi) is 4.13. The number of nitrogens with zero attached hydrogens (tertiary/aromatic N) is 2. The van der Waals surface area contributed by atoms with Gasteiger partial charge in [-0.1, -0.05) is 0 Å². The van der Waals surface area contributed by atoms with Crippen LogP contribution < -0.4 is 5.73 Å². The number of halogens is 1. The lowest BCUT2D eigenvalue weighted by molar-refractivity contribution is 0.498. The van der Waals surface area contributed by atoms with Gasteiger partial charge in [-0.25, -0.2) is 0 Å². The summed E-state index contributed by atoms with van der Waals surface area (Å²) in [7, 11) is 0. The molecule has 0 amide bonds. The molecule has 1 atom stereocenters. The molecule has 1 aromatic rings. The van der Waals surface area contributed by atoms with E-state index >= 15 is 0 Å². The summed E-state index contributed by atoms with van der Waals surface area (Å²) in [6.45, 7) is 6.30. The van der Waals surface area contributed by atoms with E-state index in [1.54, 1.807) is 0 Å². The zero-order chi connectivity index (χ0) is 10.7. The Hall–Kier alpha value is -0.350. The molecule has 3 nitrogen and oxygen atoms in total. The topological polar surface area (TPSA) is 43.8 Å². The minimum absolute atomic E-state index is 0.248. The van der Waals surface area contributed by atoms with Gasteiger partial charge < -0.3 is 5.73 Å². The molecule has 0 aliphatic rings. The van der Waals surface area contributed by atoms with Crippen LogP contribution in [0.3, 0.4) is 0 Å². The first-order valence-electron chi connectivity index (χ1n) is 4.99. The highest BCUT2D eigenvalue weighted by atomic mass is 79.9. The molecule has 80 valence electrons. The third kappa shape index (κ3) is 2.82. The van der Waals surface area contributed by atoms with Gasteiger partial charge in [0.2, 0.25) is 0 Å². The molecule has 1 unspecified atom stereocenters. The fraction of sp³-hybridized carbons (Fsp3) is 0.700. The fourth-order valence-electron chi connectivity index (χ4n) is 1.41. The Morgan fingerprint density at radius 1 is 1.50 bits per heavy atom. The Bertz CT molecular complexity index is 292. The summed E-state index contributed by atoms with van der Waals surface area (Å²) >= 11 is 3.51. The van der Waals surface area contributed by atoms with Gasteiger partial charge in [-0.05, 0) is 49.5 Å². The van der Waals surface area contributed by atoms with Gasteiger partial charge in [0.05, 0.1) is 16.4 Å². The molecule has 0 aliphatic heterocycles. The van der Waals surface area contributed by atoms with Crippen LogP contribution in [0.2, 0.25) is 0 Å². The van der Waals surface area contributed by atoms with Crippen molar-refractivity contribution in [2.24, 2.45) is 5.73 Å². The second kappa shape index (κ2) is 4.94. The molecule has 0 spiro atoms. The molecule has 0 aliphatic carbocycles. The molecular formula is C10H18BrN3. The van der Waals surface area contributed by atoms with Crippen molar-refractivity contribution < 1.29 is 0 Å². The SMILES string of the molecule is CC(N)CCc1c(Br)cnn1C(C)C. The van der Waals surface area contributed by atoms with Crippen molar-refractivity contribution in [2.75, 3.05) is 0 Å². The van der Waals surface area contributed by atoms with Gasteiger partial charge in [0.15, 0.2) is 0 Å². The van der Waals surface area contributed by atoms with Crippen LogP contribution in [0, 0.1) is 0 Å². The molecule has 1 heterocycles. The summed E-state index contributed by atoms with van der Waals surface area (Å²) in [4.78, 5) is 0. The van der Waals surface area contributed by atoms with Gasteiger partial charge >= 0.3 is 0 Å². The second-order valence-electron chi connectivity index (χ2n) is 3.99. The van der Waals surface area contributed by atoms with Crippen molar-refractivity contribution in [3.63, 3.8) is 0 Å². The number of aromatic nitrogens is 2. The van der Waals surface area contributed by atoms with Gasteiger partial charge in [0.25, 0.3) is 0 Å². The smallest absolute Gasteiger partial charge is 0.0635 e. The zero-order valence-electron chi connectivity index (χ0n) is 9.00. The molecule has 1 rings (SSSR count). The van der Waals surface area contributed by atoms with Crippen LogP contribution >= 0.6 is 15.9 Å². The Morgan fingerprint density at radius 3 is 2.64 bits per heavy atom. The largest absolute Gasteiger partial charge is 0.328 e. The molecule has 0 radical (unpaired) electrons. The third-order valence-electron chi connectivity index (χ3n) is 2.17. The van der Waals surface area contributed by atoms with Crippen LogP contribution in [0.25, 0.3) is 0 Å². The predicted molar refractivity (Wildman–Crippen MR) is 62.3 cm³/mol. The quantitative estimate of drug-likeness (QED) is 0.903. The second-order valence-corrected chi connectivity index (χ2v) is 4.85. The van der Waals surface area contributed by atoms with E-state index in [0.717, 1.165) is 17.3 Å². The van der Waals surface area contributed by atoms with Crippen LogP contribution in [0.1, 0.15) is 38.9 Å². The van der Waals surface area contributed by atoms with Crippen molar-refractivity contribution in [1.29, 1.82) is 0 Å². The van der Waals surface area contributed by atoms with Gasteiger partial charge in [-0.2, -0.15) is 5.10 Å². The lowest BCUT2D eigenvalue weighted by Crippen LogP contribution is -2.17. The summed E-state index contributed by atoms with van der Waals surface area (Å²) in [5.41, 5.74) is 6.99. The zero-order valence-corrected chi connectivity index (χ0v) is 10.6. The third-order valence-corrected chi connectivity index (χ3v) is 2.84. The van der Waals surface area contributed by atoms with Crippen LogP contribution in [-0.2, 0) is 6.42 Å². The van der Waals surface area contributed by atoms with E-state index in [1.165, 1.54) is 5.69 Å². The average molecular weight is 260 g/mol. The molecule has 0 fully saturated rings. The maximum absolute atomic E-state index is 5.74. The fourth-order valence-corrected chi connectivity index (χ4v) is 1.88. The van der Waals surface area contributed by atoms with E-state index in [-0.39, 0.29) is 6.04 Å². The standard InChI is InChI=1S/C10H18BrN3/c1-7(2)14-10(5-4-8(3)12)9(11)6-13-14/h6-8H,4-5,12H2,1-3H3. The number of nitrogens with two attached hydrogens (primary N) is 1. The van der Waals surface area contributed by atoms with Crippen molar-refractivity contribution in [3.8, 4) is 0 Å². The van der Waals surface area contributed by atoms with Gasteiger partial charge in [-0.15, -0.1) is 0 Å². The summed E-state index contributed by atoms with van der Waals surface area (Å²) in [5.74, 6) is 0. The Morgan fingerprint density at radius 2 is 2.14 bits per heavy atom. The molecule has 0 bridgehead atoms. The molecule has 0 saturated heterocycles. The highest BCUT2D eigenvalue weighted by Gasteiger charge is 2.11. The van der Waals surface area contributed by atoms with E-state index in [9.17, 15) is 0 Å². The van der Waals surface area contributed by atoms with Crippen LogP contribution in [0.5, 0.6) is 0 Å². The van der Waals surface area contributed by atoms with Crippen molar-refractivity contribution >= 4 is 15.9 Å². The van der Waals surface area contributed by atoms with Crippen molar-refractivity contribution in [2.45, 2.75) is 45.7 Å². The minimum atomic E-state index is 0.248. The first kappa shape index (κ1) is 11.7. The Balaban J connectivity index is 2.77. The monoisotopic (exact) mass is 259 g/mol. The van der Waals surface area contributed by atoms with E-state index < -0.39 is 0 Å². The Labute approximate surface area is 93.8 Å². The van der Waals surface area contributed by atoms with Gasteiger partial charge in [0.1, 0.15) is 0 Å². The molecular weight excluding hydrogens is 242 g/mol. The number of hydrogen-bond donors (Lipinski definition) is 1.